The zero-order valence-corrected chi connectivity index (χ0v) is 22.8. The average Bonchev–Trinajstić information content (AvgIpc) is 3.59. The molecule has 0 amide bonds. The maximum atomic E-state index is 12.5. The number of nitrogens with zero attached hydrogens (tertiary/aromatic N) is 1. The highest BCUT2D eigenvalue weighted by Gasteiger charge is 2.80. The van der Waals surface area contributed by atoms with Crippen molar-refractivity contribution in [2.75, 3.05) is 0 Å². The van der Waals surface area contributed by atoms with Crippen LogP contribution in [-0.4, -0.2) is 27.9 Å². The fourth-order valence-electron chi connectivity index (χ4n) is 9.78. The van der Waals surface area contributed by atoms with E-state index in [2.05, 4.69) is 18.8 Å². The number of ether oxygens (including phenoxy) is 1. The standard InChI is InChI=1S/C24H32O4.C9H6FN/c1-22-9-7-16(25)11-15(22)4-5-18-17(22)8-10-23(2)19(12-20-24(18,23)28-20)14-3-6-21(26)27-13-14;10-9-6-5-7-3-1-2-4-8(7)11-9/h3,6,13,15-20,25H,4-5,7-12H2,1-2H3;1-6H/t15-,16+,17+,18-,19-,20-,22+,23-,24-;/m1./s1. The van der Waals surface area contributed by atoms with Gasteiger partial charge in [0.1, 0.15) is 5.60 Å². The Morgan fingerprint density at radius 2 is 1.79 bits per heavy atom. The Kier molecular flexibility index (Phi) is 5.84. The molecule has 1 aliphatic heterocycles. The van der Waals surface area contributed by atoms with Gasteiger partial charge in [0.05, 0.1) is 24.0 Å². The van der Waals surface area contributed by atoms with Crippen LogP contribution in [0.4, 0.5) is 4.39 Å². The summed E-state index contributed by atoms with van der Waals surface area (Å²) in [6, 6.07) is 14.1. The number of epoxide rings is 1. The average molecular weight is 532 g/mol. The van der Waals surface area contributed by atoms with Crippen molar-refractivity contribution in [3.63, 3.8) is 0 Å². The van der Waals surface area contributed by atoms with Crippen LogP contribution >= 0.6 is 0 Å². The van der Waals surface area contributed by atoms with Gasteiger partial charge < -0.3 is 14.3 Å². The Bertz CT molecular complexity index is 1440. The zero-order chi connectivity index (χ0) is 27.0. The van der Waals surface area contributed by atoms with Crippen LogP contribution in [-0.2, 0) is 4.74 Å². The van der Waals surface area contributed by atoms with Crippen LogP contribution in [0.1, 0.15) is 76.7 Å². The van der Waals surface area contributed by atoms with E-state index in [9.17, 15) is 14.3 Å². The number of pyridine rings is 1. The molecule has 2 aromatic heterocycles. The Labute approximate surface area is 228 Å². The molecular formula is C33H38FNO4. The van der Waals surface area contributed by atoms with Crippen LogP contribution in [0.15, 0.2) is 64.0 Å². The first-order chi connectivity index (χ1) is 18.7. The Morgan fingerprint density at radius 1 is 0.949 bits per heavy atom. The highest BCUT2D eigenvalue weighted by atomic mass is 19.1. The molecule has 4 saturated carbocycles. The monoisotopic (exact) mass is 531 g/mol. The molecule has 9 atom stereocenters. The van der Waals surface area contributed by atoms with Gasteiger partial charge in [0.2, 0.25) is 5.95 Å². The second-order valence-electron chi connectivity index (χ2n) is 13.3. The predicted octanol–water partition coefficient (Wildman–Crippen LogP) is 6.63. The summed E-state index contributed by atoms with van der Waals surface area (Å²) in [5.41, 5.74) is 2.14. The maximum absolute atomic E-state index is 12.5. The molecule has 3 aromatic rings. The summed E-state index contributed by atoms with van der Waals surface area (Å²) in [7, 11) is 0. The van der Waals surface area contributed by atoms with Crippen LogP contribution in [0.3, 0.4) is 0 Å². The van der Waals surface area contributed by atoms with Crippen molar-refractivity contribution >= 4 is 10.9 Å². The van der Waals surface area contributed by atoms with Gasteiger partial charge in [-0.2, -0.15) is 4.39 Å². The fourth-order valence-corrected chi connectivity index (χ4v) is 9.78. The minimum atomic E-state index is -0.427. The lowest BCUT2D eigenvalue weighted by molar-refractivity contribution is -0.139. The molecule has 1 saturated heterocycles. The van der Waals surface area contributed by atoms with E-state index in [0.717, 1.165) is 30.6 Å². The van der Waals surface area contributed by atoms with E-state index in [4.69, 9.17) is 9.15 Å². The van der Waals surface area contributed by atoms with Gasteiger partial charge in [-0.3, -0.25) is 0 Å². The normalized spacial score (nSPS) is 41.8. The number of hydrogen-bond donors (Lipinski definition) is 1. The minimum absolute atomic E-state index is 0.0285. The van der Waals surface area contributed by atoms with Gasteiger partial charge in [0.15, 0.2) is 0 Å². The van der Waals surface area contributed by atoms with E-state index in [1.54, 1.807) is 24.5 Å². The molecular weight excluding hydrogens is 493 g/mol. The number of benzene rings is 1. The molecule has 5 aliphatic rings. The molecule has 5 nitrogen and oxygen atoms in total. The third kappa shape index (κ3) is 3.77. The molecule has 4 aliphatic carbocycles. The van der Waals surface area contributed by atoms with Crippen LogP contribution < -0.4 is 5.63 Å². The largest absolute Gasteiger partial charge is 0.431 e. The first kappa shape index (κ1) is 25.4. The molecule has 0 bridgehead atoms. The summed E-state index contributed by atoms with van der Waals surface area (Å²) >= 11 is 0. The quantitative estimate of drug-likeness (QED) is 0.282. The van der Waals surface area contributed by atoms with E-state index in [1.807, 2.05) is 24.3 Å². The summed E-state index contributed by atoms with van der Waals surface area (Å²) in [6.07, 6.45) is 11.1. The van der Waals surface area contributed by atoms with Crippen LogP contribution in [0, 0.1) is 34.5 Å². The summed E-state index contributed by atoms with van der Waals surface area (Å²) < 4.78 is 24.3. The van der Waals surface area contributed by atoms with Gasteiger partial charge in [-0.15, -0.1) is 0 Å². The van der Waals surface area contributed by atoms with Crippen molar-refractivity contribution < 1.29 is 18.7 Å². The van der Waals surface area contributed by atoms with E-state index in [0.29, 0.717) is 34.8 Å². The van der Waals surface area contributed by atoms with E-state index >= 15 is 0 Å². The van der Waals surface area contributed by atoms with Crippen molar-refractivity contribution in [1.82, 2.24) is 4.98 Å². The SMILES string of the molecule is C[C@]12CC[C@H](O)C[C@H]1CC[C@@H]1[C@@H]2CC[C@]2(C)[C@@H](c3ccc(=O)oc3)C[C@H]3O[C@]132.Fc1ccc2ccccc2n1. The number of aliphatic hydroxyl groups excluding tert-OH is 1. The Morgan fingerprint density at radius 3 is 2.62 bits per heavy atom. The lowest BCUT2D eigenvalue weighted by atomic mass is 9.44. The fraction of sp³-hybridized carbons (Fsp3) is 0.576. The van der Waals surface area contributed by atoms with Gasteiger partial charge in [0.25, 0.3) is 0 Å². The number of rotatable bonds is 1. The molecule has 0 unspecified atom stereocenters. The van der Waals surface area contributed by atoms with Gasteiger partial charge >= 0.3 is 5.63 Å². The molecule has 3 heterocycles. The third-order valence-corrected chi connectivity index (χ3v) is 11.7. The minimum Gasteiger partial charge on any atom is -0.431 e. The van der Waals surface area contributed by atoms with E-state index in [1.165, 1.54) is 43.7 Å². The van der Waals surface area contributed by atoms with Gasteiger partial charge in [-0.1, -0.05) is 32.0 Å². The van der Waals surface area contributed by atoms with Gasteiger partial charge in [0, 0.05) is 16.9 Å². The second kappa shape index (κ2) is 8.97. The van der Waals surface area contributed by atoms with Gasteiger partial charge in [-0.25, -0.2) is 9.78 Å². The first-order valence-electron chi connectivity index (χ1n) is 14.7. The number of para-hydroxylation sites is 1. The lowest BCUT2D eigenvalue weighted by Crippen LogP contribution is -2.58. The van der Waals surface area contributed by atoms with Crippen LogP contribution in [0.5, 0.6) is 0 Å². The highest BCUT2D eigenvalue weighted by Crippen LogP contribution is 2.77. The number of aromatic nitrogens is 1. The third-order valence-electron chi connectivity index (χ3n) is 11.7. The summed E-state index contributed by atoms with van der Waals surface area (Å²) in [5.74, 6) is 2.05. The number of hydrogen-bond acceptors (Lipinski definition) is 5. The van der Waals surface area contributed by atoms with Crippen LogP contribution in [0.25, 0.3) is 10.9 Å². The maximum Gasteiger partial charge on any atom is 0.335 e. The first-order valence-corrected chi connectivity index (χ1v) is 14.7. The second-order valence-corrected chi connectivity index (χ2v) is 13.3. The van der Waals surface area contributed by atoms with E-state index < -0.39 is 5.95 Å². The Balaban J connectivity index is 0.000000193. The predicted molar refractivity (Wildman–Crippen MR) is 147 cm³/mol. The van der Waals surface area contributed by atoms with Crippen molar-refractivity contribution in [2.24, 2.45) is 28.6 Å². The smallest absolute Gasteiger partial charge is 0.335 e. The van der Waals surface area contributed by atoms with Crippen molar-refractivity contribution in [3.05, 3.63) is 76.7 Å². The lowest BCUT2D eigenvalue weighted by Gasteiger charge is -2.61. The molecule has 8 rings (SSSR count). The molecule has 206 valence electrons. The summed E-state index contributed by atoms with van der Waals surface area (Å²) in [6.45, 7) is 4.97. The van der Waals surface area contributed by atoms with Gasteiger partial charge in [-0.05, 0) is 110 Å². The van der Waals surface area contributed by atoms with E-state index in [-0.39, 0.29) is 22.7 Å². The summed E-state index contributed by atoms with van der Waals surface area (Å²) in [4.78, 5) is 15.2. The Hall–Kier alpha value is -2.57. The highest BCUT2D eigenvalue weighted by molar-refractivity contribution is 5.77. The number of fused-ring (bicyclic) bond motifs is 4. The topological polar surface area (TPSA) is 75.9 Å². The molecule has 1 aromatic carbocycles. The van der Waals surface area contributed by atoms with Crippen molar-refractivity contribution in [3.8, 4) is 0 Å². The molecule has 5 fully saturated rings. The van der Waals surface area contributed by atoms with Crippen molar-refractivity contribution in [2.45, 2.75) is 88.9 Å². The molecule has 1 spiro atoms. The number of aliphatic hydroxyl groups is 1. The zero-order valence-electron chi connectivity index (χ0n) is 22.8. The number of halogens is 1. The summed E-state index contributed by atoms with van der Waals surface area (Å²) in [5, 5.41) is 11.2. The van der Waals surface area contributed by atoms with Crippen molar-refractivity contribution in [1.29, 1.82) is 0 Å². The molecule has 1 N–H and O–H groups in total. The molecule has 6 heteroatoms. The van der Waals surface area contributed by atoms with Crippen LogP contribution in [0.2, 0.25) is 0 Å². The molecule has 0 radical (unpaired) electrons. The molecule has 39 heavy (non-hydrogen) atoms.